The largest absolute Gasteiger partial charge is 0.494 e. The first-order valence-electron chi connectivity index (χ1n) is 4.61. The molecule has 0 unspecified atom stereocenters. The van der Waals surface area contributed by atoms with Gasteiger partial charge < -0.3 is 9.72 Å². The van der Waals surface area contributed by atoms with Crippen LogP contribution in [0.5, 0.6) is 0 Å². The molecule has 2 aromatic heterocycles. The van der Waals surface area contributed by atoms with E-state index >= 15 is 0 Å². The van der Waals surface area contributed by atoms with E-state index in [1.54, 1.807) is 16.9 Å². The van der Waals surface area contributed by atoms with Crippen molar-refractivity contribution in [3.8, 4) is 0 Å². The van der Waals surface area contributed by atoms with Crippen LogP contribution in [0.1, 0.15) is 12.5 Å². The van der Waals surface area contributed by atoms with Crippen LogP contribution >= 0.6 is 0 Å². The van der Waals surface area contributed by atoms with Crippen LogP contribution in [0.4, 0.5) is 0 Å². The van der Waals surface area contributed by atoms with Crippen molar-refractivity contribution >= 4 is 11.4 Å². The normalized spacial score (nSPS) is 10.5. The van der Waals surface area contributed by atoms with Gasteiger partial charge in [-0.2, -0.15) is 5.10 Å². The van der Waals surface area contributed by atoms with Gasteiger partial charge in [-0.1, -0.05) is 6.58 Å². The summed E-state index contributed by atoms with van der Waals surface area (Å²) < 4.78 is 6.83. The molecule has 0 aromatic carbocycles. The standard InChI is InChI=1S/C10H11N3O2/c1-3-15-7(2)8-6-11-13-5-4-9(14)12-10(8)13/h4-6H,2-3H2,1H3,(H,12,14). The minimum Gasteiger partial charge on any atom is -0.494 e. The number of nitrogens with one attached hydrogen (secondary N) is 1. The molecule has 0 aliphatic heterocycles. The second kappa shape index (κ2) is 3.61. The van der Waals surface area contributed by atoms with Crippen molar-refractivity contribution in [1.82, 2.24) is 14.6 Å². The summed E-state index contributed by atoms with van der Waals surface area (Å²) in [6.07, 6.45) is 3.21. The fraction of sp³-hybridized carbons (Fsp3) is 0.200. The summed E-state index contributed by atoms with van der Waals surface area (Å²) in [4.78, 5) is 13.8. The van der Waals surface area contributed by atoms with Crippen molar-refractivity contribution in [3.63, 3.8) is 0 Å². The summed E-state index contributed by atoms with van der Waals surface area (Å²) in [5.41, 5.74) is 1.13. The number of aromatic amines is 1. The number of fused-ring (bicyclic) bond motifs is 1. The van der Waals surface area contributed by atoms with Crippen LogP contribution in [-0.4, -0.2) is 21.2 Å². The third kappa shape index (κ3) is 1.63. The summed E-state index contributed by atoms with van der Waals surface area (Å²) in [7, 11) is 0. The van der Waals surface area contributed by atoms with Crippen molar-refractivity contribution in [1.29, 1.82) is 0 Å². The molecule has 0 fully saturated rings. The van der Waals surface area contributed by atoms with Crippen LogP contribution in [0.15, 0.2) is 29.8 Å². The molecule has 0 radical (unpaired) electrons. The Morgan fingerprint density at radius 2 is 2.53 bits per heavy atom. The van der Waals surface area contributed by atoms with E-state index in [1.165, 1.54) is 6.07 Å². The number of hydrogen-bond acceptors (Lipinski definition) is 3. The lowest BCUT2D eigenvalue weighted by atomic mass is 10.3. The van der Waals surface area contributed by atoms with E-state index in [4.69, 9.17) is 4.74 Å². The van der Waals surface area contributed by atoms with Gasteiger partial charge in [0.15, 0.2) is 0 Å². The molecule has 5 nitrogen and oxygen atoms in total. The molecule has 15 heavy (non-hydrogen) atoms. The minimum absolute atomic E-state index is 0.173. The first-order valence-corrected chi connectivity index (χ1v) is 4.61. The lowest BCUT2D eigenvalue weighted by Crippen LogP contribution is -2.06. The van der Waals surface area contributed by atoms with Gasteiger partial charge >= 0.3 is 0 Å². The maximum Gasteiger partial charge on any atom is 0.251 e. The van der Waals surface area contributed by atoms with E-state index in [0.29, 0.717) is 23.6 Å². The molecule has 0 saturated carbocycles. The zero-order valence-corrected chi connectivity index (χ0v) is 8.36. The van der Waals surface area contributed by atoms with E-state index in [1.807, 2.05) is 6.92 Å². The Balaban J connectivity index is 2.57. The van der Waals surface area contributed by atoms with Crippen molar-refractivity contribution in [3.05, 3.63) is 41.0 Å². The average molecular weight is 205 g/mol. The van der Waals surface area contributed by atoms with Gasteiger partial charge in [-0.3, -0.25) is 4.79 Å². The van der Waals surface area contributed by atoms with E-state index < -0.39 is 0 Å². The van der Waals surface area contributed by atoms with Gasteiger partial charge in [0.2, 0.25) is 0 Å². The van der Waals surface area contributed by atoms with E-state index in [-0.39, 0.29) is 5.56 Å². The highest BCUT2D eigenvalue weighted by atomic mass is 16.5. The number of rotatable bonds is 3. The second-order valence-electron chi connectivity index (χ2n) is 3.01. The molecule has 0 aliphatic carbocycles. The maximum absolute atomic E-state index is 11.1. The topological polar surface area (TPSA) is 59.4 Å². The first-order chi connectivity index (χ1) is 7.22. The zero-order valence-electron chi connectivity index (χ0n) is 8.36. The third-order valence-corrected chi connectivity index (χ3v) is 2.02. The highest BCUT2D eigenvalue weighted by Crippen LogP contribution is 2.16. The molecule has 0 spiro atoms. The van der Waals surface area contributed by atoms with Crippen LogP contribution in [0.3, 0.4) is 0 Å². The van der Waals surface area contributed by atoms with Crippen LogP contribution < -0.4 is 5.56 Å². The molecule has 0 bridgehead atoms. The molecule has 2 rings (SSSR count). The van der Waals surface area contributed by atoms with E-state index in [0.717, 1.165) is 0 Å². The minimum atomic E-state index is -0.173. The van der Waals surface area contributed by atoms with Crippen molar-refractivity contribution in [2.24, 2.45) is 0 Å². The van der Waals surface area contributed by atoms with Gasteiger partial charge in [-0.05, 0) is 6.92 Å². The van der Waals surface area contributed by atoms with Crippen molar-refractivity contribution < 1.29 is 4.74 Å². The Morgan fingerprint density at radius 3 is 3.27 bits per heavy atom. The van der Waals surface area contributed by atoms with Gasteiger partial charge in [-0.15, -0.1) is 0 Å². The molecule has 0 amide bonds. The summed E-state index contributed by atoms with van der Waals surface area (Å²) in [5.74, 6) is 0.509. The summed E-state index contributed by atoms with van der Waals surface area (Å²) in [5, 5.41) is 4.07. The third-order valence-electron chi connectivity index (χ3n) is 2.02. The Bertz CT molecular complexity index is 553. The van der Waals surface area contributed by atoms with Gasteiger partial charge in [-0.25, -0.2) is 4.52 Å². The number of ether oxygens (including phenoxy) is 1. The first kappa shape index (κ1) is 9.51. The van der Waals surface area contributed by atoms with Crippen molar-refractivity contribution in [2.45, 2.75) is 6.92 Å². The fourth-order valence-corrected chi connectivity index (χ4v) is 1.35. The Morgan fingerprint density at radius 1 is 1.73 bits per heavy atom. The highest BCUT2D eigenvalue weighted by molar-refractivity contribution is 5.69. The zero-order chi connectivity index (χ0) is 10.8. The Labute approximate surface area is 86.0 Å². The molecule has 0 atom stereocenters. The monoisotopic (exact) mass is 205 g/mol. The quantitative estimate of drug-likeness (QED) is 0.761. The molecular formula is C10H11N3O2. The summed E-state index contributed by atoms with van der Waals surface area (Å²) in [6, 6.07) is 1.41. The molecule has 2 aromatic rings. The maximum atomic E-state index is 11.1. The Kier molecular flexibility index (Phi) is 2.29. The van der Waals surface area contributed by atoms with Crippen LogP contribution in [0.2, 0.25) is 0 Å². The van der Waals surface area contributed by atoms with E-state index in [9.17, 15) is 4.79 Å². The highest BCUT2D eigenvalue weighted by Gasteiger charge is 2.08. The van der Waals surface area contributed by atoms with Gasteiger partial charge in [0, 0.05) is 12.3 Å². The second-order valence-corrected chi connectivity index (χ2v) is 3.01. The molecule has 78 valence electrons. The predicted molar refractivity (Wildman–Crippen MR) is 56.5 cm³/mol. The van der Waals surface area contributed by atoms with Crippen LogP contribution in [0, 0.1) is 0 Å². The molecule has 2 heterocycles. The number of nitrogens with zero attached hydrogens (tertiary/aromatic N) is 2. The molecule has 0 aliphatic rings. The van der Waals surface area contributed by atoms with E-state index in [2.05, 4.69) is 16.7 Å². The van der Waals surface area contributed by atoms with Gasteiger partial charge in [0.05, 0.1) is 18.4 Å². The predicted octanol–water partition coefficient (Wildman–Crippen LogP) is 1.03. The average Bonchev–Trinajstić information content (AvgIpc) is 2.60. The SMILES string of the molecule is C=C(OCC)c1cnn2ccc(=O)[nH]c12. The fourth-order valence-electron chi connectivity index (χ4n) is 1.35. The van der Waals surface area contributed by atoms with Gasteiger partial charge in [0.1, 0.15) is 11.4 Å². The molecule has 0 saturated heterocycles. The van der Waals surface area contributed by atoms with Crippen LogP contribution in [-0.2, 0) is 4.74 Å². The molecule has 1 N–H and O–H groups in total. The van der Waals surface area contributed by atoms with Crippen LogP contribution in [0.25, 0.3) is 11.4 Å². The summed E-state index contributed by atoms with van der Waals surface area (Å²) >= 11 is 0. The lowest BCUT2D eigenvalue weighted by Gasteiger charge is -2.03. The number of hydrogen-bond donors (Lipinski definition) is 1. The lowest BCUT2D eigenvalue weighted by molar-refractivity contribution is 0.299. The Hall–Kier alpha value is -2.04. The van der Waals surface area contributed by atoms with Crippen molar-refractivity contribution in [2.75, 3.05) is 6.61 Å². The number of aromatic nitrogens is 3. The molecule has 5 heteroatoms. The summed E-state index contributed by atoms with van der Waals surface area (Å²) in [6.45, 7) is 6.18. The smallest absolute Gasteiger partial charge is 0.251 e. The van der Waals surface area contributed by atoms with Gasteiger partial charge in [0.25, 0.3) is 5.56 Å². The molecular weight excluding hydrogens is 194 g/mol. The number of H-pyrrole nitrogens is 1.